The highest BCUT2D eigenvalue weighted by atomic mass is 32.3. The Hall–Kier alpha value is -0.250. The maximum Gasteiger partial charge on any atom is 0.397 e. The van der Waals surface area contributed by atoms with Crippen LogP contribution in [0, 0.1) is 0 Å². The molecule has 0 aromatic rings. The molecule has 0 unspecified atom stereocenters. The van der Waals surface area contributed by atoms with Gasteiger partial charge in [0.2, 0.25) is 0 Å². The van der Waals surface area contributed by atoms with Crippen LogP contribution in [-0.4, -0.2) is 56.1 Å². The molecule has 0 aliphatic rings. The summed E-state index contributed by atoms with van der Waals surface area (Å²) in [5, 5.41) is 19.1. The largest absolute Gasteiger partial charge is 0.397 e. The molecule has 0 bridgehead atoms. The van der Waals surface area contributed by atoms with Crippen LogP contribution < -0.4 is 5.32 Å². The van der Waals surface area contributed by atoms with Crippen LogP contribution in [0.1, 0.15) is 77.6 Å². The van der Waals surface area contributed by atoms with Gasteiger partial charge in [0, 0.05) is 13.1 Å². The van der Waals surface area contributed by atoms with Gasteiger partial charge in [-0.05, 0) is 6.42 Å². The van der Waals surface area contributed by atoms with E-state index in [-0.39, 0.29) is 19.8 Å². The summed E-state index contributed by atoms with van der Waals surface area (Å²) in [6, 6.07) is 0. The van der Waals surface area contributed by atoms with E-state index in [1.165, 1.54) is 51.4 Å². The lowest BCUT2D eigenvalue weighted by Crippen LogP contribution is -2.21. The number of hydrogen-bond acceptors (Lipinski definition) is 6. The molecule has 0 spiro atoms. The molecule has 0 rings (SSSR count). The minimum Gasteiger partial charge on any atom is -0.395 e. The van der Waals surface area contributed by atoms with Crippen molar-refractivity contribution in [3.8, 4) is 0 Å². The zero-order chi connectivity index (χ0) is 19.2. The van der Waals surface area contributed by atoms with Crippen molar-refractivity contribution in [2.45, 2.75) is 77.6 Å². The Morgan fingerprint density at radius 2 is 1.16 bits per heavy atom. The maximum atomic E-state index is 10.2. The van der Waals surface area contributed by atoms with Gasteiger partial charge in [-0.15, -0.1) is 0 Å². The molecule has 0 radical (unpaired) electrons. The lowest BCUT2D eigenvalue weighted by atomic mass is 10.1. The molecule has 0 amide bonds. The fraction of sp³-hybridized carbons (Fsp3) is 1.00. The van der Waals surface area contributed by atoms with Crippen molar-refractivity contribution in [1.29, 1.82) is 0 Å². The number of hydrogen-bond donors (Lipinski definition) is 4. The van der Waals surface area contributed by atoms with Gasteiger partial charge in [-0.25, -0.2) is 4.18 Å². The molecule has 0 aliphatic carbocycles. The van der Waals surface area contributed by atoms with Crippen LogP contribution in [-0.2, 0) is 14.6 Å². The number of unbranched alkanes of at least 4 members (excludes halogenated alkanes) is 10. The van der Waals surface area contributed by atoms with Crippen LogP contribution in [0.4, 0.5) is 0 Å². The maximum absolute atomic E-state index is 10.2. The Balaban J connectivity index is 0. The molecule has 0 aromatic heterocycles. The Morgan fingerprint density at radius 1 is 0.760 bits per heavy atom. The van der Waals surface area contributed by atoms with Crippen molar-refractivity contribution >= 4 is 10.4 Å². The first kappa shape index (κ1) is 27.0. The molecule has 25 heavy (non-hydrogen) atoms. The number of nitrogens with one attached hydrogen (secondary N) is 1. The van der Waals surface area contributed by atoms with E-state index >= 15 is 0 Å². The first-order valence-electron chi connectivity index (χ1n) is 9.52. The van der Waals surface area contributed by atoms with Gasteiger partial charge < -0.3 is 15.5 Å². The van der Waals surface area contributed by atoms with E-state index in [4.69, 9.17) is 14.8 Å². The van der Waals surface area contributed by atoms with Crippen LogP contribution in [0.25, 0.3) is 0 Å². The average Bonchev–Trinajstić information content (AvgIpc) is 2.56. The zero-order valence-corrected chi connectivity index (χ0v) is 16.6. The summed E-state index contributed by atoms with van der Waals surface area (Å²) in [5.41, 5.74) is 0. The zero-order valence-electron chi connectivity index (χ0n) is 15.8. The van der Waals surface area contributed by atoms with Gasteiger partial charge in [0.25, 0.3) is 0 Å². The minimum atomic E-state index is -4.24. The van der Waals surface area contributed by atoms with E-state index < -0.39 is 10.4 Å². The number of rotatable bonds is 17. The number of aliphatic hydroxyl groups is 2. The van der Waals surface area contributed by atoms with Crippen LogP contribution in [0.3, 0.4) is 0 Å². The van der Waals surface area contributed by atoms with E-state index in [2.05, 4.69) is 16.4 Å². The van der Waals surface area contributed by atoms with Crippen molar-refractivity contribution < 1.29 is 27.4 Å². The van der Waals surface area contributed by atoms with E-state index in [0.29, 0.717) is 19.5 Å². The van der Waals surface area contributed by atoms with Crippen LogP contribution in [0.15, 0.2) is 0 Å². The second-order valence-electron chi connectivity index (χ2n) is 5.98. The van der Waals surface area contributed by atoms with Gasteiger partial charge in [-0.3, -0.25) is 4.55 Å². The molecule has 0 aliphatic heterocycles. The molecular weight excluding hydrogens is 346 g/mol. The highest BCUT2D eigenvalue weighted by Crippen LogP contribution is 2.11. The van der Waals surface area contributed by atoms with Crippen molar-refractivity contribution in [2.24, 2.45) is 0 Å². The molecule has 4 N–H and O–H groups in total. The summed E-state index contributed by atoms with van der Waals surface area (Å²) >= 11 is 0. The normalized spacial score (nSPS) is 11.2. The molecule has 0 aromatic carbocycles. The highest BCUT2D eigenvalue weighted by Gasteiger charge is 2.02. The quantitative estimate of drug-likeness (QED) is 0.225. The van der Waals surface area contributed by atoms with Crippen molar-refractivity contribution in [2.75, 3.05) is 32.9 Å². The standard InChI is InChI=1S/C13H28O4S.C4H11NO2/c1-2-3-4-5-6-7-8-9-10-11-12-13-17-18(14,15)16;6-3-1-5-2-4-7/h2-13H2,1H3,(H,14,15,16);5-7H,1-4H2. The summed E-state index contributed by atoms with van der Waals surface area (Å²) in [6.07, 6.45) is 13.3. The van der Waals surface area contributed by atoms with Crippen LogP contribution >= 0.6 is 0 Å². The molecule has 0 fully saturated rings. The van der Waals surface area contributed by atoms with Gasteiger partial charge in [-0.2, -0.15) is 8.42 Å². The van der Waals surface area contributed by atoms with Gasteiger partial charge in [0.05, 0.1) is 19.8 Å². The minimum absolute atomic E-state index is 0.0931. The molecule has 7 nitrogen and oxygen atoms in total. The summed E-state index contributed by atoms with van der Waals surface area (Å²) in [6.45, 7) is 3.74. The topological polar surface area (TPSA) is 116 Å². The van der Waals surface area contributed by atoms with Gasteiger partial charge in [-0.1, -0.05) is 71.1 Å². The Kier molecular flexibility index (Phi) is 23.5. The second kappa shape index (κ2) is 21.8. The first-order chi connectivity index (χ1) is 12.0. The van der Waals surface area contributed by atoms with E-state index in [1.807, 2.05) is 0 Å². The fourth-order valence-electron chi connectivity index (χ4n) is 2.21. The van der Waals surface area contributed by atoms with E-state index in [0.717, 1.165) is 12.8 Å². The number of aliphatic hydroxyl groups excluding tert-OH is 2. The smallest absolute Gasteiger partial charge is 0.395 e. The lowest BCUT2D eigenvalue weighted by Gasteiger charge is -2.02. The predicted molar refractivity (Wildman–Crippen MR) is 101 cm³/mol. The lowest BCUT2D eigenvalue weighted by molar-refractivity contribution is 0.261. The van der Waals surface area contributed by atoms with Gasteiger partial charge >= 0.3 is 10.4 Å². The Labute approximate surface area is 154 Å². The summed E-state index contributed by atoms with van der Waals surface area (Å²) in [5.74, 6) is 0. The summed E-state index contributed by atoms with van der Waals surface area (Å²) in [4.78, 5) is 0. The van der Waals surface area contributed by atoms with Crippen LogP contribution in [0.5, 0.6) is 0 Å². The van der Waals surface area contributed by atoms with E-state index in [9.17, 15) is 8.42 Å². The SMILES string of the molecule is CCCCCCCCCCCCCOS(=O)(=O)O.OCCNCCO. The Bertz CT molecular complexity index is 334. The molecule has 8 heteroatoms. The molecule has 154 valence electrons. The van der Waals surface area contributed by atoms with E-state index in [1.54, 1.807) is 0 Å². The van der Waals surface area contributed by atoms with Crippen molar-refractivity contribution in [1.82, 2.24) is 5.32 Å². The molecule has 0 saturated carbocycles. The third-order valence-corrected chi connectivity index (χ3v) is 4.02. The molecule has 0 heterocycles. The summed E-state index contributed by atoms with van der Waals surface area (Å²) in [7, 11) is -4.24. The molecule has 0 atom stereocenters. The van der Waals surface area contributed by atoms with Gasteiger partial charge in [0.1, 0.15) is 0 Å². The third-order valence-electron chi connectivity index (χ3n) is 3.56. The van der Waals surface area contributed by atoms with Crippen molar-refractivity contribution in [3.05, 3.63) is 0 Å². The second-order valence-corrected chi connectivity index (χ2v) is 7.07. The Morgan fingerprint density at radius 3 is 1.52 bits per heavy atom. The predicted octanol–water partition coefficient (Wildman–Crippen LogP) is 2.68. The third kappa shape index (κ3) is 32.0. The monoisotopic (exact) mass is 385 g/mol. The molecule has 0 saturated heterocycles. The molecular formula is C17H39NO6S. The highest BCUT2D eigenvalue weighted by molar-refractivity contribution is 7.80. The van der Waals surface area contributed by atoms with Crippen LogP contribution in [0.2, 0.25) is 0 Å². The van der Waals surface area contributed by atoms with Crippen molar-refractivity contribution in [3.63, 3.8) is 0 Å². The average molecular weight is 386 g/mol. The first-order valence-corrected chi connectivity index (χ1v) is 10.9. The summed E-state index contributed by atoms with van der Waals surface area (Å²) < 4.78 is 33.1. The fourth-order valence-corrected chi connectivity index (χ4v) is 2.54. The van der Waals surface area contributed by atoms with Gasteiger partial charge in [0.15, 0.2) is 0 Å².